The molecule has 7 aliphatic rings. The highest BCUT2D eigenvalue weighted by Crippen LogP contribution is 2.51. The molecule has 4 aromatic heterocycles. The molecule has 11 heterocycles. The average Bonchev–Trinajstić information content (AvgIpc) is 3.56. The summed E-state index contributed by atoms with van der Waals surface area (Å²) in [4.78, 5) is 9.20. The molecule has 0 fully saturated rings. The van der Waals surface area contributed by atoms with Gasteiger partial charge in [-0.3, -0.25) is 9.97 Å². The fraction of sp³-hybridized carbons (Fsp3) is 0.0303. The predicted molar refractivity (Wildman–Crippen MR) is 154 cm³/mol. The van der Waals surface area contributed by atoms with Crippen LogP contribution in [0.5, 0.6) is 34.5 Å². The minimum absolute atomic E-state index is 0.0301. The third kappa shape index (κ3) is 1.67. The van der Waals surface area contributed by atoms with E-state index in [0.717, 1.165) is 56.8 Å². The summed E-state index contributed by atoms with van der Waals surface area (Å²) < 4.78 is 25.3. The van der Waals surface area contributed by atoms with Gasteiger partial charge in [0.1, 0.15) is 45.6 Å². The molecule has 0 amide bonds. The van der Waals surface area contributed by atoms with Gasteiger partial charge < -0.3 is 14.2 Å². The van der Waals surface area contributed by atoms with Crippen LogP contribution in [0, 0.1) is 0 Å². The molecule has 1 spiro atoms. The van der Waals surface area contributed by atoms with Gasteiger partial charge in [0.25, 0.3) is 0 Å². The van der Waals surface area contributed by atoms with E-state index < -0.39 is 5.66 Å². The molecule has 7 nitrogen and oxygen atoms in total. The Hall–Kier alpha value is -5.43. The first kappa shape index (κ1) is 19.6. The maximum Gasteiger partial charge on any atom is 0.420 e. The number of hydrogen-bond acceptors (Lipinski definition) is 5. The van der Waals surface area contributed by atoms with Crippen LogP contribution in [0.1, 0.15) is 11.1 Å². The number of nitrogens with zero attached hydrogens (tertiary/aromatic N) is 4. The van der Waals surface area contributed by atoms with E-state index in [2.05, 4.69) is 80.0 Å². The summed E-state index contributed by atoms with van der Waals surface area (Å²) in [5.74, 6) is 5.12. The lowest BCUT2D eigenvalue weighted by atomic mass is 9.34. The Bertz CT molecular complexity index is 2270. The van der Waals surface area contributed by atoms with Crippen LogP contribution >= 0.6 is 0 Å². The van der Waals surface area contributed by atoms with Crippen LogP contribution in [0.4, 0.5) is 0 Å². The summed E-state index contributed by atoms with van der Waals surface area (Å²) >= 11 is 0. The molecule has 0 radical (unpaired) electrons. The first-order valence-corrected chi connectivity index (χ1v) is 14.3. The first-order valence-electron chi connectivity index (χ1n) is 14.3. The number of hydrogen-bond donors (Lipinski definition) is 0. The molecule has 188 valence electrons. The summed E-state index contributed by atoms with van der Waals surface area (Å²) in [6.45, 7) is 0.0603. The number of ether oxygens (including phenoxy) is 3. The van der Waals surface area contributed by atoms with Gasteiger partial charge >= 0.3 is 19.1 Å². The lowest BCUT2D eigenvalue weighted by Gasteiger charge is -2.42. The van der Waals surface area contributed by atoms with Crippen LogP contribution in [0.25, 0.3) is 22.3 Å². The maximum absolute atomic E-state index is 6.88. The van der Waals surface area contributed by atoms with Crippen molar-refractivity contribution in [3.8, 4) is 56.8 Å². The molecule has 0 atom stereocenters. The zero-order valence-corrected chi connectivity index (χ0v) is 21.8. The molecule has 2 aromatic carbocycles. The van der Waals surface area contributed by atoms with E-state index in [1.165, 1.54) is 44.2 Å². The molecule has 0 N–H and O–H groups in total. The Morgan fingerprint density at radius 3 is 1.50 bits per heavy atom. The summed E-state index contributed by atoms with van der Waals surface area (Å²) in [5.41, 5.74) is 13.5. The Kier molecular flexibility index (Phi) is 2.71. The number of rotatable bonds is 0. The van der Waals surface area contributed by atoms with Crippen molar-refractivity contribution in [1.29, 1.82) is 0 Å². The normalized spacial score (nSPS) is 16.8. The van der Waals surface area contributed by atoms with Crippen molar-refractivity contribution >= 4 is 46.5 Å². The van der Waals surface area contributed by atoms with Crippen LogP contribution in [-0.2, 0) is 5.66 Å². The van der Waals surface area contributed by atoms with Crippen molar-refractivity contribution in [2.45, 2.75) is 5.66 Å². The Morgan fingerprint density at radius 2 is 0.976 bits per heavy atom. The van der Waals surface area contributed by atoms with Gasteiger partial charge in [-0.25, -0.2) is 0 Å². The molecule has 0 saturated carbocycles. The molecular weight excluding hydrogens is 522 g/mol. The Labute approximate surface area is 238 Å². The van der Waals surface area contributed by atoms with Crippen LogP contribution in [0.3, 0.4) is 0 Å². The van der Waals surface area contributed by atoms with Crippen molar-refractivity contribution in [1.82, 2.24) is 9.97 Å². The molecule has 6 aromatic rings. The molecule has 13 rings (SSSR count). The zero-order chi connectivity index (χ0) is 26.6. The Morgan fingerprint density at radius 1 is 0.500 bits per heavy atom. The largest absolute Gasteiger partial charge is 0.457 e. The van der Waals surface area contributed by atoms with Gasteiger partial charge in [-0.2, -0.15) is 0 Å². The second kappa shape index (κ2) is 5.81. The highest BCUT2D eigenvalue weighted by Gasteiger charge is 2.74. The molecule has 0 unspecified atom stereocenters. The summed E-state index contributed by atoms with van der Waals surface area (Å²) in [5, 5.41) is 0. The molecular formula is C33H14B2N4O3+2. The van der Waals surface area contributed by atoms with Gasteiger partial charge in [0, 0.05) is 57.7 Å². The quantitative estimate of drug-likeness (QED) is 0.206. The molecule has 42 heavy (non-hydrogen) atoms. The van der Waals surface area contributed by atoms with E-state index in [4.69, 9.17) is 14.2 Å². The van der Waals surface area contributed by atoms with Crippen LogP contribution in [0.15, 0.2) is 85.7 Å². The minimum atomic E-state index is -0.754. The van der Waals surface area contributed by atoms with Crippen molar-refractivity contribution in [2.75, 3.05) is 0 Å². The van der Waals surface area contributed by atoms with E-state index in [1.807, 2.05) is 24.8 Å². The standard InChI is InChI=1S/C33H14B2N4O3/c1-3-15-17-11-36-13-23-27(17)34-29-21(41-23)7-5-19-25(29)33(38(9-1)31(15)34)26-20(40-19)6-8-22-30(26)35-28-18(12-37-14-24(28)42-22)16-4-2-10-39(33)32(16)35/h1-14H/q+2. The summed E-state index contributed by atoms with van der Waals surface area (Å²) in [7, 11) is 0. The third-order valence-corrected chi connectivity index (χ3v) is 10.6. The molecule has 0 bridgehead atoms. The summed E-state index contributed by atoms with van der Waals surface area (Å²) in [6.07, 6.45) is 12.2. The fourth-order valence-corrected chi connectivity index (χ4v) is 9.46. The topological polar surface area (TPSA) is 61.2 Å². The van der Waals surface area contributed by atoms with E-state index in [-0.39, 0.29) is 13.4 Å². The second-order valence-corrected chi connectivity index (χ2v) is 12.1. The van der Waals surface area contributed by atoms with Crippen LogP contribution in [-0.4, -0.2) is 23.4 Å². The molecule has 0 saturated heterocycles. The highest BCUT2D eigenvalue weighted by molar-refractivity contribution is 7.01. The van der Waals surface area contributed by atoms with E-state index in [0.29, 0.717) is 0 Å². The van der Waals surface area contributed by atoms with Gasteiger partial charge in [0.2, 0.25) is 0 Å². The monoisotopic (exact) mass is 536 g/mol. The second-order valence-electron chi connectivity index (χ2n) is 12.1. The van der Waals surface area contributed by atoms with E-state index in [9.17, 15) is 0 Å². The van der Waals surface area contributed by atoms with E-state index >= 15 is 0 Å². The SMILES string of the molecule is c1cc2c3[n+](c1)C14c5c(ccc6c5B3c3c(cncc3-2)O6)Oc2ccc3c(c21)B1c2c(cncc2-c2ccc[n+]4c21)O3. The van der Waals surface area contributed by atoms with Gasteiger partial charge in [-0.1, -0.05) is 0 Å². The van der Waals surface area contributed by atoms with Crippen molar-refractivity contribution in [3.63, 3.8) is 0 Å². The fourth-order valence-electron chi connectivity index (χ4n) is 9.46. The molecule has 0 aliphatic carbocycles. The van der Waals surface area contributed by atoms with Crippen LogP contribution < -0.4 is 56.4 Å². The zero-order valence-electron chi connectivity index (χ0n) is 21.8. The van der Waals surface area contributed by atoms with Crippen LogP contribution in [0.2, 0.25) is 0 Å². The number of pyridine rings is 4. The lowest BCUT2D eigenvalue weighted by molar-refractivity contribution is -0.958. The molecule has 7 aliphatic heterocycles. The number of aromatic nitrogens is 4. The minimum Gasteiger partial charge on any atom is -0.457 e. The van der Waals surface area contributed by atoms with E-state index in [1.54, 1.807) is 0 Å². The first-order chi connectivity index (χ1) is 20.8. The smallest absolute Gasteiger partial charge is 0.420 e. The number of fused-ring (bicyclic) bond motifs is 2. The molecule has 9 heteroatoms. The van der Waals surface area contributed by atoms with Gasteiger partial charge in [0.05, 0.1) is 12.4 Å². The van der Waals surface area contributed by atoms with Crippen molar-refractivity contribution in [2.24, 2.45) is 0 Å². The predicted octanol–water partition coefficient (Wildman–Crippen LogP) is 0.286. The van der Waals surface area contributed by atoms with Crippen molar-refractivity contribution < 1.29 is 23.3 Å². The van der Waals surface area contributed by atoms with Crippen molar-refractivity contribution in [3.05, 3.63) is 96.8 Å². The maximum atomic E-state index is 6.88. The third-order valence-electron chi connectivity index (χ3n) is 10.6. The lowest BCUT2D eigenvalue weighted by Crippen LogP contribution is -2.93. The highest BCUT2D eigenvalue weighted by atomic mass is 16.5. The van der Waals surface area contributed by atoms with Gasteiger partial charge in [-0.05, 0) is 47.3 Å². The van der Waals surface area contributed by atoms with Gasteiger partial charge in [0.15, 0.2) is 23.6 Å². The Balaban J connectivity index is 1.32. The summed E-state index contributed by atoms with van der Waals surface area (Å²) in [6, 6.07) is 17.1. The average molecular weight is 536 g/mol. The number of benzene rings is 2. The van der Waals surface area contributed by atoms with Gasteiger partial charge in [-0.15, -0.1) is 9.13 Å².